The summed E-state index contributed by atoms with van der Waals surface area (Å²) in [5.74, 6) is 1.71. The Morgan fingerprint density at radius 3 is 2.80 bits per heavy atom. The number of alkyl halides is 1. The van der Waals surface area contributed by atoms with Crippen LogP contribution in [0.1, 0.15) is 13.8 Å². The van der Waals surface area contributed by atoms with Gasteiger partial charge in [0.1, 0.15) is 6.61 Å². The van der Waals surface area contributed by atoms with E-state index >= 15 is 0 Å². The number of hydrogen-bond acceptors (Lipinski definition) is 3. The van der Waals surface area contributed by atoms with Gasteiger partial charge < -0.3 is 14.4 Å². The predicted octanol–water partition coefficient (Wildman–Crippen LogP) is 2.55. The molecule has 1 aromatic rings. The van der Waals surface area contributed by atoms with Crippen LogP contribution in [-0.4, -0.2) is 42.5 Å². The minimum atomic E-state index is -0.173. The summed E-state index contributed by atoms with van der Waals surface area (Å²) in [7, 11) is 0. The van der Waals surface area contributed by atoms with Crippen molar-refractivity contribution in [2.75, 3.05) is 25.6 Å². The molecule has 20 heavy (non-hydrogen) atoms. The molecular weight excluding hydrogens is 278 g/mol. The van der Waals surface area contributed by atoms with Crippen LogP contribution in [0.2, 0.25) is 0 Å². The van der Waals surface area contributed by atoms with Gasteiger partial charge in [0.15, 0.2) is 17.6 Å². The molecule has 0 saturated heterocycles. The third-order valence-corrected chi connectivity index (χ3v) is 3.80. The molecule has 0 aromatic heterocycles. The lowest BCUT2D eigenvalue weighted by Gasteiger charge is -2.31. The summed E-state index contributed by atoms with van der Waals surface area (Å²) < 4.78 is 11.5. The number of amides is 1. The highest BCUT2D eigenvalue weighted by Crippen LogP contribution is 2.31. The van der Waals surface area contributed by atoms with E-state index in [0.717, 1.165) is 11.5 Å². The standard InChI is InChI=1S/C15H20ClNO3/c1-3-17(15(18)11(2)8-16)9-12-10-19-13-6-4-5-7-14(13)20-12/h4-7,11-12H,3,8-10H2,1-2H3. The average Bonchev–Trinajstić information content (AvgIpc) is 2.50. The summed E-state index contributed by atoms with van der Waals surface area (Å²) in [4.78, 5) is 13.9. The van der Waals surface area contributed by atoms with E-state index < -0.39 is 0 Å². The Balaban J connectivity index is 1.98. The molecule has 110 valence electrons. The molecule has 0 spiro atoms. The van der Waals surface area contributed by atoms with Gasteiger partial charge in [-0.2, -0.15) is 0 Å². The smallest absolute Gasteiger partial charge is 0.226 e. The number of fused-ring (bicyclic) bond motifs is 1. The predicted molar refractivity (Wildman–Crippen MR) is 78.5 cm³/mol. The van der Waals surface area contributed by atoms with E-state index in [1.165, 1.54) is 0 Å². The topological polar surface area (TPSA) is 38.8 Å². The van der Waals surface area contributed by atoms with E-state index in [4.69, 9.17) is 21.1 Å². The SMILES string of the molecule is CCN(CC1COc2ccccc2O1)C(=O)C(C)CCl. The van der Waals surface area contributed by atoms with Gasteiger partial charge in [-0.15, -0.1) is 11.6 Å². The lowest BCUT2D eigenvalue weighted by Crippen LogP contribution is -2.45. The summed E-state index contributed by atoms with van der Waals surface area (Å²) >= 11 is 5.75. The van der Waals surface area contributed by atoms with E-state index in [-0.39, 0.29) is 17.9 Å². The number of para-hydroxylation sites is 2. The van der Waals surface area contributed by atoms with Crippen LogP contribution in [0.3, 0.4) is 0 Å². The van der Waals surface area contributed by atoms with Gasteiger partial charge in [0.05, 0.1) is 6.54 Å². The van der Waals surface area contributed by atoms with Gasteiger partial charge in [-0.25, -0.2) is 0 Å². The van der Waals surface area contributed by atoms with Crippen molar-refractivity contribution in [1.82, 2.24) is 4.90 Å². The summed E-state index contributed by atoms with van der Waals surface area (Å²) in [6.45, 7) is 5.41. The van der Waals surface area contributed by atoms with E-state index in [1.54, 1.807) is 4.90 Å². The largest absolute Gasteiger partial charge is 0.486 e. The van der Waals surface area contributed by atoms with Gasteiger partial charge in [0.25, 0.3) is 0 Å². The Hall–Kier alpha value is -1.42. The first-order valence-electron chi connectivity index (χ1n) is 6.89. The second-order valence-electron chi connectivity index (χ2n) is 4.93. The molecule has 1 aliphatic rings. The molecule has 0 radical (unpaired) electrons. The maximum Gasteiger partial charge on any atom is 0.226 e. The maximum absolute atomic E-state index is 12.2. The Kier molecular flexibility index (Phi) is 5.12. The number of nitrogens with zero attached hydrogens (tertiary/aromatic N) is 1. The van der Waals surface area contributed by atoms with Crippen molar-refractivity contribution in [3.05, 3.63) is 24.3 Å². The zero-order valence-corrected chi connectivity index (χ0v) is 12.6. The molecule has 0 bridgehead atoms. The Bertz CT molecular complexity index is 466. The molecule has 4 nitrogen and oxygen atoms in total. The van der Waals surface area contributed by atoms with Crippen LogP contribution in [0, 0.1) is 5.92 Å². The van der Waals surface area contributed by atoms with Crippen LogP contribution in [0.25, 0.3) is 0 Å². The van der Waals surface area contributed by atoms with E-state index in [2.05, 4.69) is 0 Å². The van der Waals surface area contributed by atoms with Crippen molar-refractivity contribution >= 4 is 17.5 Å². The maximum atomic E-state index is 12.2. The minimum Gasteiger partial charge on any atom is -0.486 e. The molecule has 0 N–H and O–H groups in total. The van der Waals surface area contributed by atoms with Crippen LogP contribution in [0.15, 0.2) is 24.3 Å². The third kappa shape index (κ3) is 3.37. The van der Waals surface area contributed by atoms with Gasteiger partial charge in [-0.05, 0) is 19.1 Å². The van der Waals surface area contributed by atoms with Crippen LogP contribution < -0.4 is 9.47 Å². The molecule has 0 fully saturated rings. The lowest BCUT2D eigenvalue weighted by molar-refractivity contribution is -0.135. The van der Waals surface area contributed by atoms with Crippen LogP contribution in [0.4, 0.5) is 0 Å². The number of ether oxygens (including phenoxy) is 2. The van der Waals surface area contributed by atoms with Crippen molar-refractivity contribution in [3.8, 4) is 11.5 Å². The van der Waals surface area contributed by atoms with Crippen molar-refractivity contribution in [2.24, 2.45) is 5.92 Å². The monoisotopic (exact) mass is 297 g/mol. The molecule has 2 unspecified atom stereocenters. The Morgan fingerprint density at radius 1 is 1.45 bits per heavy atom. The molecule has 1 heterocycles. The number of carbonyl (C=O) groups excluding carboxylic acids is 1. The number of benzene rings is 1. The van der Waals surface area contributed by atoms with Gasteiger partial charge >= 0.3 is 0 Å². The molecule has 0 aliphatic carbocycles. The summed E-state index contributed by atoms with van der Waals surface area (Å²) in [5.41, 5.74) is 0. The molecule has 5 heteroatoms. The summed E-state index contributed by atoms with van der Waals surface area (Å²) in [5, 5.41) is 0. The summed E-state index contributed by atoms with van der Waals surface area (Å²) in [6.07, 6.45) is -0.142. The van der Waals surface area contributed by atoms with Crippen molar-refractivity contribution in [3.63, 3.8) is 0 Å². The van der Waals surface area contributed by atoms with E-state index in [1.807, 2.05) is 38.1 Å². The molecule has 2 atom stereocenters. The average molecular weight is 298 g/mol. The van der Waals surface area contributed by atoms with E-state index in [0.29, 0.717) is 25.6 Å². The normalized spacial score (nSPS) is 18.4. The highest BCUT2D eigenvalue weighted by atomic mass is 35.5. The Morgan fingerprint density at radius 2 is 2.15 bits per heavy atom. The lowest BCUT2D eigenvalue weighted by atomic mass is 10.1. The van der Waals surface area contributed by atoms with Crippen LogP contribution >= 0.6 is 11.6 Å². The van der Waals surface area contributed by atoms with Crippen molar-refractivity contribution in [2.45, 2.75) is 20.0 Å². The fraction of sp³-hybridized carbons (Fsp3) is 0.533. The second-order valence-corrected chi connectivity index (χ2v) is 5.24. The minimum absolute atomic E-state index is 0.0601. The first kappa shape index (κ1) is 15.0. The van der Waals surface area contributed by atoms with Crippen molar-refractivity contribution in [1.29, 1.82) is 0 Å². The van der Waals surface area contributed by atoms with Gasteiger partial charge in [-0.1, -0.05) is 19.1 Å². The van der Waals surface area contributed by atoms with Crippen LogP contribution in [-0.2, 0) is 4.79 Å². The van der Waals surface area contributed by atoms with Gasteiger partial charge in [-0.3, -0.25) is 4.79 Å². The number of likely N-dealkylation sites (N-methyl/N-ethyl adjacent to an activating group) is 1. The van der Waals surface area contributed by atoms with Gasteiger partial charge in [0, 0.05) is 18.3 Å². The molecule has 1 aromatic carbocycles. The van der Waals surface area contributed by atoms with E-state index in [9.17, 15) is 4.79 Å². The first-order chi connectivity index (χ1) is 9.65. The zero-order valence-electron chi connectivity index (χ0n) is 11.8. The highest BCUT2D eigenvalue weighted by Gasteiger charge is 2.26. The highest BCUT2D eigenvalue weighted by molar-refractivity contribution is 6.19. The van der Waals surface area contributed by atoms with Crippen molar-refractivity contribution < 1.29 is 14.3 Å². The number of hydrogen-bond donors (Lipinski definition) is 0. The fourth-order valence-electron chi connectivity index (χ4n) is 2.15. The molecular formula is C15H20ClNO3. The second kappa shape index (κ2) is 6.84. The zero-order chi connectivity index (χ0) is 14.5. The quantitative estimate of drug-likeness (QED) is 0.784. The summed E-state index contributed by atoms with van der Waals surface area (Å²) in [6, 6.07) is 7.57. The first-order valence-corrected chi connectivity index (χ1v) is 7.42. The number of carbonyl (C=O) groups is 1. The fourth-order valence-corrected chi connectivity index (χ4v) is 2.28. The Labute approximate surface area is 124 Å². The van der Waals surface area contributed by atoms with Gasteiger partial charge in [0.2, 0.25) is 5.91 Å². The molecule has 1 aliphatic heterocycles. The number of rotatable bonds is 5. The molecule has 0 saturated carbocycles. The molecule has 2 rings (SSSR count). The third-order valence-electron chi connectivity index (χ3n) is 3.34. The molecule has 1 amide bonds. The van der Waals surface area contributed by atoms with Crippen LogP contribution in [0.5, 0.6) is 11.5 Å². The number of halogens is 1.